The fraction of sp³-hybridized carbons (Fsp3) is 0.333. The number of benzene rings is 1. The molecule has 3 amide bonds. The number of likely N-dealkylation sites (tertiary alicyclic amines) is 1. The maximum Gasteiger partial charge on any atom is 0.407 e. The monoisotopic (exact) mass is 320 g/mol. The summed E-state index contributed by atoms with van der Waals surface area (Å²) in [7, 11) is 0. The molecule has 2 N–H and O–H groups in total. The SMILES string of the molecule is O=C(NCC(=O)N1C(=O)CC[C@H]1C(=O)O)OCc1ccccc1. The van der Waals surface area contributed by atoms with E-state index in [2.05, 4.69) is 5.32 Å². The molecule has 23 heavy (non-hydrogen) atoms. The number of imide groups is 1. The van der Waals surface area contributed by atoms with Gasteiger partial charge < -0.3 is 15.2 Å². The van der Waals surface area contributed by atoms with Crippen molar-refractivity contribution < 1.29 is 29.0 Å². The first kappa shape index (κ1) is 16.5. The van der Waals surface area contributed by atoms with Crippen molar-refractivity contribution in [3.8, 4) is 0 Å². The van der Waals surface area contributed by atoms with Crippen molar-refractivity contribution in [3.05, 3.63) is 35.9 Å². The molecule has 0 saturated carbocycles. The molecule has 1 fully saturated rings. The molecule has 8 nitrogen and oxygen atoms in total. The molecule has 1 aliphatic rings. The van der Waals surface area contributed by atoms with Gasteiger partial charge in [-0.15, -0.1) is 0 Å². The van der Waals surface area contributed by atoms with Gasteiger partial charge in [0.15, 0.2) is 0 Å². The van der Waals surface area contributed by atoms with Gasteiger partial charge in [0, 0.05) is 6.42 Å². The second-order valence-corrected chi connectivity index (χ2v) is 4.97. The van der Waals surface area contributed by atoms with E-state index < -0.39 is 36.5 Å². The summed E-state index contributed by atoms with van der Waals surface area (Å²) in [6.45, 7) is -0.454. The quantitative estimate of drug-likeness (QED) is 0.817. The zero-order valence-corrected chi connectivity index (χ0v) is 12.2. The van der Waals surface area contributed by atoms with E-state index in [4.69, 9.17) is 9.84 Å². The Morgan fingerprint density at radius 3 is 2.61 bits per heavy atom. The van der Waals surface area contributed by atoms with Crippen molar-refractivity contribution in [3.63, 3.8) is 0 Å². The summed E-state index contributed by atoms with van der Waals surface area (Å²) in [5, 5.41) is 11.2. The van der Waals surface area contributed by atoms with Gasteiger partial charge in [0.25, 0.3) is 0 Å². The third-order valence-corrected chi connectivity index (χ3v) is 3.36. The third kappa shape index (κ3) is 4.29. The van der Waals surface area contributed by atoms with Gasteiger partial charge in [0.05, 0.1) is 0 Å². The Morgan fingerprint density at radius 2 is 1.96 bits per heavy atom. The van der Waals surface area contributed by atoms with Crippen LogP contribution in [0.15, 0.2) is 30.3 Å². The van der Waals surface area contributed by atoms with Gasteiger partial charge in [-0.1, -0.05) is 30.3 Å². The maximum atomic E-state index is 11.9. The minimum Gasteiger partial charge on any atom is -0.480 e. The minimum atomic E-state index is -1.24. The zero-order chi connectivity index (χ0) is 16.8. The van der Waals surface area contributed by atoms with Gasteiger partial charge in [0.2, 0.25) is 11.8 Å². The number of hydrogen-bond acceptors (Lipinski definition) is 5. The van der Waals surface area contributed by atoms with Crippen LogP contribution in [0.3, 0.4) is 0 Å². The van der Waals surface area contributed by atoms with Gasteiger partial charge in [-0.05, 0) is 12.0 Å². The number of rotatable bonds is 5. The molecule has 8 heteroatoms. The second kappa shape index (κ2) is 7.39. The van der Waals surface area contributed by atoms with Crippen molar-refractivity contribution in [2.45, 2.75) is 25.5 Å². The van der Waals surface area contributed by atoms with Crippen molar-refractivity contribution in [2.75, 3.05) is 6.54 Å². The lowest BCUT2D eigenvalue weighted by atomic mass is 10.2. The van der Waals surface area contributed by atoms with E-state index in [0.29, 0.717) is 4.90 Å². The number of ether oxygens (including phenoxy) is 1. The van der Waals surface area contributed by atoms with Gasteiger partial charge in [-0.25, -0.2) is 9.59 Å². The lowest BCUT2D eigenvalue weighted by Gasteiger charge is -2.19. The highest BCUT2D eigenvalue weighted by Gasteiger charge is 2.40. The van der Waals surface area contributed by atoms with Gasteiger partial charge >= 0.3 is 12.1 Å². The number of carboxylic acid groups (broad SMARTS) is 1. The number of amides is 3. The Hall–Kier alpha value is -2.90. The van der Waals surface area contributed by atoms with Crippen LogP contribution in [0.25, 0.3) is 0 Å². The van der Waals surface area contributed by atoms with Gasteiger partial charge in [-0.3, -0.25) is 14.5 Å². The van der Waals surface area contributed by atoms with Crippen LogP contribution in [0.4, 0.5) is 4.79 Å². The molecule has 0 unspecified atom stereocenters. The Balaban J connectivity index is 1.80. The number of carboxylic acids is 1. The van der Waals surface area contributed by atoms with E-state index in [9.17, 15) is 19.2 Å². The van der Waals surface area contributed by atoms with Crippen LogP contribution in [0.2, 0.25) is 0 Å². The summed E-state index contributed by atoms with van der Waals surface area (Å²) in [4.78, 5) is 46.7. The minimum absolute atomic E-state index is 0.00115. The van der Waals surface area contributed by atoms with Crippen LogP contribution in [-0.2, 0) is 25.7 Å². The highest BCUT2D eigenvalue weighted by molar-refractivity contribution is 6.02. The number of nitrogens with zero attached hydrogens (tertiary/aromatic N) is 1. The van der Waals surface area contributed by atoms with Crippen LogP contribution in [0.1, 0.15) is 18.4 Å². The Morgan fingerprint density at radius 1 is 1.26 bits per heavy atom. The second-order valence-electron chi connectivity index (χ2n) is 4.97. The molecule has 1 aromatic rings. The van der Waals surface area contributed by atoms with Crippen LogP contribution >= 0.6 is 0 Å². The molecule has 0 spiro atoms. The van der Waals surface area contributed by atoms with Crippen molar-refractivity contribution >= 4 is 23.9 Å². The van der Waals surface area contributed by atoms with Crippen LogP contribution in [-0.4, -0.2) is 46.5 Å². The summed E-state index contributed by atoms with van der Waals surface area (Å²) in [6.07, 6.45) is -0.736. The van der Waals surface area contributed by atoms with Crippen molar-refractivity contribution in [2.24, 2.45) is 0 Å². The molecule has 1 saturated heterocycles. The smallest absolute Gasteiger partial charge is 0.407 e. The molecule has 0 radical (unpaired) electrons. The molecule has 2 rings (SSSR count). The maximum absolute atomic E-state index is 11.9. The third-order valence-electron chi connectivity index (χ3n) is 3.36. The first-order valence-corrected chi connectivity index (χ1v) is 7.01. The molecule has 1 atom stereocenters. The highest BCUT2D eigenvalue weighted by Crippen LogP contribution is 2.18. The number of aliphatic carboxylic acids is 1. The summed E-state index contributed by atoms with van der Waals surface area (Å²) < 4.78 is 4.92. The highest BCUT2D eigenvalue weighted by atomic mass is 16.5. The van der Waals surface area contributed by atoms with Crippen LogP contribution in [0, 0.1) is 0 Å². The summed E-state index contributed by atoms with van der Waals surface area (Å²) in [5.74, 6) is -2.56. The molecular weight excluding hydrogens is 304 g/mol. The summed E-state index contributed by atoms with van der Waals surface area (Å²) in [5.41, 5.74) is 0.787. The van der Waals surface area contributed by atoms with E-state index >= 15 is 0 Å². The zero-order valence-electron chi connectivity index (χ0n) is 12.2. The Kier molecular flexibility index (Phi) is 5.29. The molecular formula is C15H16N2O6. The van der Waals surface area contributed by atoms with Crippen molar-refractivity contribution in [1.29, 1.82) is 0 Å². The largest absolute Gasteiger partial charge is 0.480 e. The fourth-order valence-corrected chi connectivity index (χ4v) is 2.24. The number of nitrogens with one attached hydrogen (secondary N) is 1. The molecule has 1 aromatic carbocycles. The van der Waals surface area contributed by atoms with E-state index in [0.717, 1.165) is 5.56 Å². The standard InChI is InChI=1S/C15H16N2O6/c18-12-7-6-11(14(20)21)17(12)13(19)8-16-15(22)23-9-10-4-2-1-3-5-10/h1-5,11H,6-9H2,(H,16,22)(H,20,21)/t11-/m0/s1. The first-order valence-electron chi connectivity index (χ1n) is 7.01. The first-order chi connectivity index (χ1) is 11.0. The average molecular weight is 320 g/mol. The van der Waals surface area contributed by atoms with E-state index in [1.54, 1.807) is 24.3 Å². The number of carbonyl (C=O) groups excluding carboxylic acids is 3. The van der Waals surface area contributed by atoms with Crippen LogP contribution in [0.5, 0.6) is 0 Å². The summed E-state index contributed by atoms with van der Waals surface area (Å²) in [6, 6.07) is 7.80. The Bertz CT molecular complexity index is 616. The Labute approximate surface area is 132 Å². The number of alkyl carbamates (subject to hydrolysis) is 1. The topological polar surface area (TPSA) is 113 Å². The lowest BCUT2D eigenvalue weighted by Crippen LogP contribution is -2.47. The van der Waals surface area contributed by atoms with Gasteiger partial charge in [-0.2, -0.15) is 0 Å². The molecule has 0 aliphatic carbocycles. The van der Waals surface area contributed by atoms with Crippen molar-refractivity contribution in [1.82, 2.24) is 10.2 Å². The molecule has 1 heterocycles. The van der Waals surface area contributed by atoms with E-state index in [1.807, 2.05) is 6.07 Å². The lowest BCUT2D eigenvalue weighted by molar-refractivity contribution is -0.153. The average Bonchev–Trinajstić information content (AvgIpc) is 2.93. The molecule has 122 valence electrons. The number of carbonyl (C=O) groups is 4. The predicted molar refractivity (Wildman–Crippen MR) is 77.1 cm³/mol. The van der Waals surface area contributed by atoms with E-state index in [1.165, 1.54) is 0 Å². The fourth-order valence-electron chi connectivity index (χ4n) is 2.24. The van der Waals surface area contributed by atoms with Gasteiger partial charge in [0.1, 0.15) is 19.2 Å². The molecule has 1 aliphatic heterocycles. The van der Waals surface area contributed by atoms with Crippen LogP contribution < -0.4 is 5.32 Å². The van der Waals surface area contributed by atoms with E-state index in [-0.39, 0.29) is 19.4 Å². The molecule has 0 bridgehead atoms. The number of hydrogen-bond donors (Lipinski definition) is 2. The normalized spacial score (nSPS) is 17.0. The molecule has 0 aromatic heterocycles. The summed E-state index contributed by atoms with van der Waals surface area (Å²) >= 11 is 0. The predicted octanol–water partition coefficient (Wildman–Crippen LogP) is 0.515.